The third-order valence-electron chi connectivity index (χ3n) is 2.97. The SMILES string of the molecule is Cc1cc(N)ccc1S(=O)(=O)NC(C)C(C)CO. The Kier molecular flexibility index (Phi) is 4.72. The Labute approximate surface area is 108 Å². The van der Waals surface area contributed by atoms with Crippen LogP contribution in [0.5, 0.6) is 0 Å². The van der Waals surface area contributed by atoms with E-state index < -0.39 is 10.0 Å². The highest BCUT2D eigenvalue weighted by molar-refractivity contribution is 7.89. The van der Waals surface area contributed by atoms with Crippen molar-refractivity contribution in [3.63, 3.8) is 0 Å². The molecular weight excluding hydrogens is 252 g/mol. The van der Waals surface area contributed by atoms with Crippen molar-refractivity contribution in [2.45, 2.75) is 31.7 Å². The molecule has 0 heterocycles. The van der Waals surface area contributed by atoms with Crippen molar-refractivity contribution in [1.82, 2.24) is 4.72 Å². The van der Waals surface area contributed by atoms with E-state index in [4.69, 9.17) is 10.8 Å². The second-order valence-corrected chi connectivity index (χ2v) is 6.28. The molecule has 0 amide bonds. The van der Waals surface area contributed by atoms with Crippen LogP contribution in [0.2, 0.25) is 0 Å². The predicted molar refractivity (Wildman–Crippen MR) is 71.6 cm³/mol. The van der Waals surface area contributed by atoms with Gasteiger partial charge in [-0.2, -0.15) is 0 Å². The molecule has 4 N–H and O–H groups in total. The van der Waals surface area contributed by atoms with Crippen molar-refractivity contribution in [3.8, 4) is 0 Å². The molecule has 0 fully saturated rings. The summed E-state index contributed by atoms with van der Waals surface area (Å²) in [5.74, 6) is -0.145. The number of aliphatic hydroxyl groups is 1. The predicted octanol–water partition coefficient (Wildman–Crippen LogP) is 0.872. The minimum Gasteiger partial charge on any atom is -0.399 e. The number of nitrogens with two attached hydrogens (primary N) is 1. The summed E-state index contributed by atoms with van der Waals surface area (Å²) in [4.78, 5) is 0.216. The van der Waals surface area contributed by atoms with Crippen molar-refractivity contribution in [2.24, 2.45) is 5.92 Å². The molecule has 0 spiro atoms. The molecule has 0 radical (unpaired) electrons. The van der Waals surface area contributed by atoms with Gasteiger partial charge in [0.25, 0.3) is 0 Å². The summed E-state index contributed by atoms with van der Waals surface area (Å²) < 4.78 is 26.9. The summed E-state index contributed by atoms with van der Waals surface area (Å²) in [5, 5.41) is 9.01. The maximum Gasteiger partial charge on any atom is 0.241 e. The van der Waals surface area contributed by atoms with Gasteiger partial charge in [-0.25, -0.2) is 13.1 Å². The molecule has 0 saturated carbocycles. The summed E-state index contributed by atoms with van der Waals surface area (Å²) >= 11 is 0. The summed E-state index contributed by atoms with van der Waals surface area (Å²) in [5.41, 5.74) is 6.73. The first-order chi connectivity index (χ1) is 8.27. The van der Waals surface area contributed by atoms with Crippen LogP contribution in [0, 0.1) is 12.8 Å². The Bertz CT molecular complexity index is 514. The molecule has 0 aliphatic heterocycles. The minimum absolute atomic E-state index is 0.0651. The first kappa shape index (κ1) is 14.9. The van der Waals surface area contributed by atoms with Crippen LogP contribution in [0.4, 0.5) is 5.69 Å². The van der Waals surface area contributed by atoms with Crippen molar-refractivity contribution >= 4 is 15.7 Å². The maximum absolute atomic E-state index is 12.2. The molecule has 2 unspecified atom stereocenters. The van der Waals surface area contributed by atoms with Crippen molar-refractivity contribution in [2.75, 3.05) is 12.3 Å². The van der Waals surface area contributed by atoms with Crippen LogP contribution in [0.15, 0.2) is 23.1 Å². The summed E-state index contributed by atoms with van der Waals surface area (Å²) in [6.45, 7) is 5.14. The Morgan fingerprint density at radius 1 is 1.39 bits per heavy atom. The van der Waals surface area contributed by atoms with Crippen LogP contribution in [0.3, 0.4) is 0 Å². The highest BCUT2D eigenvalue weighted by Gasteiger charge is 2.22. The number of nitrogens with one attached hydrogen (secondary N) is 1. The summed E-state index contributed by atoms with van der Waals surface area (Å²) in [6.07, 6.45) is 0. The van der Waals surface area contributed by atoms with E-state index in [1.807, 2.05) is 0 Å². The van der Waals surface area contributed by atoms with Crippen molar-refractivity contribution in [3.05, 3.63) is 23.8 Å². The van der Waals surface area contributed by atoms with E-state index in [9.17, 15) is 8.42 Å². The number of nitrogen functional groups attached to an aromatic ring is 1. The van der Waals surface area contributed by atoms with Gasteiger partial charge in [-0.15, -0.1) is 0 Å². The monoisotopic (exact) mass is 272 g/mol. The van der Waals surface area contributed by atoms with Gasteiger partial charge >= 0.3 is 0 Å². The Hall–Kier alpha value is -1.11. The van der Waals surface area contributed by atoms with Gasteiger partial charge in [0, 0.05) is 18.3 Å². The Balaban J connectivity index is 3.00. The highest BCUT2D eigenvalue weighted by Crippen LogP contribution is 2.18. The number of sulfonamides is 1. The van der Waals surface area contributed by atoms with Gasteiger partial charge in [0.2, 0.25) is 10.0 Å². The zero-order valence-corrected chi connectivity index (χ0v) is 11.7. The fourth-order valence-electron chi connectivity index (χ4n) is 1.56. The van der Waals surface area contributed by atoms with Gasteiger partial charge in [0.1, 0.15) is 0 Å². The van der Waals surface area contributed by atoms with E-state index >= 15 is 0 Å². The van der Waals surface area contributed by atoms with Crippen molar-refractivity contribution in [1.29, 1.82) is 0 Å². The fourth-order valence-corrected chi connectivity index (χ4v) is 3.14. The first-order valence-corrected chi connectivity index (χ1v) is 7.25. The molecule has 102 valence electrons. The standard InChI is InChI=1S/C12H20N2O3S/c1-8-6-11(13)4-5-12(8)18(16,17)14-10(3)9(2)7-15/h4-6,9-10,14-15H,7,13H2,1-3H3. The molecule has 0 bridgehead atoms. The average Bonchev–Trinajstić information content (AvgIpc) is 2.26. The minimum atomic E-state index is -3.58. The largest absolute Gasteiger partial charge is 0.399 e. The quantitative estimate of drug-likeness (QED) is 0.694. The van der Waals surface area contributed by atoms with Gasteiger partial charge in [-0.1, -0.05) is 6.92 Å². The van der Waals surface area contributed by atoms with Crippen LogP contribution in [0.25, 0.3) is 0 Å². The normalized spacial score (nSPS) is 15.3. The Morgan fingerprint density at radius 2 is 2.00 bits per heavy atom. The smallest absolute Gasteiger partial charge is 0.241 e. The van der Waals surface area contributed by atoms with E-state index in [0.717, 1.165) is 0 Å². The topological polar surface area (TPSA) is 92.4 Å². The molecule has 0 aliphatic carbocycles. The lowest BCUT2D eigenvalue weighted by Crippen LogP contribution is -2.38. The summed E-state index contributed by atoms with van der Waals surface area (Å²) in [7, 11) is -3.58. The van der Waals surface area contributed by atoms with Crippen LogP contribution in [-0.4, -0.2) is 26.2 Å². The van der Waals surface area contributed by atoms with E-state index in [1.165, 1.54) is 6.07 Å². The average molecular weight is 272 g/mol. The van der Waals surface area contributed by atoms with Gasteiger partial charge < -0.3 is 10.8 Å². The zero-order chi connectivity index (χ0) is 13.9. The lowest BCUT2D eigenvalue weighted by atomic mass is 10.1. The van der Waals surface area contributed by atoms with E-state index in [2.05, 4.69) is 4.72 Å². The third-order valence-corrected chi connectivity index (χ3v) is 4.69. The molecule has 0 saturated heterocycles. The molecule has 2 atom stereocenters. The number of benzene rings is 1. The van der Waals surface area contributed by atoms with Crippen LogP contribution < -0.4 is 10.5 Å². The number of rotatable bonds is 5. The third kappa shape index (κ3) is 3.44. The second kappa shape index (κ2) is 5.69. The van der Waals surface area contributed by atoms with E-state index in [1.54, 1.807) is 32.9 Å². The molecule has 0 aromatic heterocycles. The Morgan fingerprint density at radius 3 is 2.50 bits per heavy atom. The number of hydrogen-bond acceptors (Lipinski definition) is 4. The summed E-state index contributed by atoms with van der Waals surface area (Å²) in [6, 6.07) is 4.33. The maximum atomic E-state index is 12.2. The first-order valence-electron chi connectivity index (χ1n) is 5.77. The van der Waals surface area contributed by atoms with Gasteiger partial charge in [0.05, 0.1) is 4.90 Å². The van der Waals surface area contributed by atoms with Gasteiger partial charge in [-0.3, -0.25) is 0 Å². The fraction of sp³-hybridized carbons (Fsp3) is 0.500. The highest BCUT2D eigenvalue weighted by atomic mass is 32.2. The zero-order valence-electron chi connectivity index (χ0n) is 10.8. The van der Waals surface area contributed by atoms with Crippen LogP contribution >= 0.6 is 0 Å². The lowest BCUT2D eigenvalue weighted by molar-refractivity contribution is 0.216. The van der Waals surface area contributed by atoms with Crippen LogP contribution in [-0.2, 0) is 10.0 Å². The second-order valence-electron chi connectivity index (χ2n) is 4.59. The van der Waals surface area contributed by atoms with E-state index in [-0.39, 0.29) is 23.5 Å². The number of hydrogen-bond donors (Lipinski definition) is 3. The number of aryl methyl sites for hydroxylation is 1. The molecular formula is C12H20N2O3S. The van der Waals surface area contributed by atoms with E-state index in [0.29, 0.717) is 11.3 Å². The number of anilines is 1. The van der Waals surface area contributed by atoms with Gasteiger partial charge in [-0.05, 0) is 43.5 Å². The molecule has 1 aromatic rings. The molecule has 6 heteroatoms. The molecule has 0 aliphatic rings. The molecule has 1 rings (SSSR count). The lowest BCUT2D eigenvalue weighted by Gasteiger charge is -2.20. The molecule has 18 heavy (non-hydrogen) atoms. The number of aliphatic hydroxyl groups excluding tert-OH is 1. The van der Waals surface area contributed by atoms with Gasteiger partial charge in [0.15, 0.2) is 0 Å². The van der Waals surface area contributed by atoms with Crippen LogP contribution in [0.1, 0.15) is 19.4 Å². The molecule has 5 nitrogen and oxygen atoms in total. The van der Waals surface area contributed by atoms with Crippen molar-refractivity contribution < 1.29 is 13.5 Å². The molecule has 1 aromatic carbocycles.